The molecular weight excluding hydrogens is 448 g/mol. The summed E-state index contributed by atoms with van der Waals surface area (Å²) in [6.07, 6.45) is -0.543. The van der Waals surface area contributed by atoms with Gasteiger partial charge in [0.05, 0.1) is 23.3 Å². The van der Waals surface area contributed by atoms with Gasteiger partial charge >= 0.3 is 11.9 Å². The zero-order chi connectivity index (χ0) is 24.7. The number of esters is 2. The quantitative estimate of drug-likeness (QED) is 0.583. The monoisotopic (exact) mass is 480 g/mol. The normalized spacial score (nSPS) is 19.8. The number of nitrogens with zero attached hydrogens (tertiary/aromatic N) is 2. The first-order chi connectivity index (χ1) is 16.9. The smallest absolute Gasteiger partial charge is 0.338 e. The molecule has 1 unspecified atom stereocenters. The number of aliphatic hydroxyl groups excluding tert-OH is 2. The number of β-amino-alcohol motifs (C(OH)–C–C–N with tert-alkyl or cyclic N) is 2. The first-order valence-corrected chi connectivity index (χ1v) is 12.3. The van der Waals surface area contributed by atoms with Gasteiger partial charge in [0.2, 0.25) is 0 Å². The Labute approximate surface area is 205 Å². The molecule has 0 saturated carbocycles. The van der Waals surface area contributed by atoms with Gasteiger partial charge in [-0.2, -0.15) is 0 Å². The fourth-order valence-corrected chi connectivity index (χ4v) is 5.58. The van der Waals surface area contributed by atoms with E-state index in [1.165, 1.54) is 0 Å². The summed E-state index contributed by atoms with van der Waals surface area (Å²) in [4.78, 5) is 28.1. The second kappa shape index (κ2) is 9.70. The minimum atomic E-state index is -0.642. The fraction of sp³-hybridized carbons (Fsp3) is 0.481. The van der Waals surface area contributed by atoms with E-state index in [0.717, 1.165) is 66.0 Å². The summed E-state index contributed by atoms with van der Waals surface area (Å²) in [5.74, 6) is -0.582. The predicted molar refractivity (Wildman–Crippen MR) is 128 cm³/mol. The van der Waals surface area contributed by atoms with Crippen molar-refractivity contribution in [2.24, 2.45) is 0 Å². The van der Waals surface area contributed by atoms with Crippen LogP contribution in [0.15, 0.2) is 24.3 Å². The third-order valence-electron chi connectivity index (χ3n) is 7.64. The molecule has 35 heavy (non-hydrogen) atoms. The lowest BCUT2D eigenvalue weighted by Gasteiger charge is -2.37. The van der Waals surface area contributed by atoms with Crippen LogP contribution in [0.5, 0.6) is 0 Å². The first-order valence-electron chi connectivity index (χ1n) is 12.3. The molecule has 2 atom stereocenters. The van der Waals surface area contributed by atoms with E-state index in [0.29, 0.717) is 24.2 Å². The van der Waals surface area contributed by atoms with E-state index >= 15 is 0 Å². The van der Waals surface area contributed by atoms with Gasteiger partial charge in [-0.05, 0) is 47.7 Å². The minimum Gasteiger partial charge on any atom is -0.457 e. The summed E-state index contributed by atoms with van der Waals surface area (Å²) in [6.45, 7) is 8.74. The topological polar surface area (TPSA) is 99.5 Å². The maximum atomic E-state index is 11.9. The number of fused-ring (bicyclic) bond motifs is 2. The third-order valence-corrected chi connectivity index (χ3v) is 7.64. The van der Waals surface area contributed by atoms with E-state index in [2.05, 4.69) is 9.80 Å². The SMILES string of the molecule is CCc1c(C(O)CN2CCN(C[C@H](O)c3ccc4c(c3C)COC4=O)CC2)ccc2c1COC2=O. The van der Waals surface area contributed by atoms with Crippen molar-refractivity contribution < 1.29 is 29.3 Å². The Morgan fingerprint density at radius 1 is 0.800 bits per heavy atom. The van der Waals surface area contributed by atoms with E-state index in [4.69, 9.17) is 9.47 Å². The summed E-state index contributed by atoms with van der Waals surface area (Å²) in [6, 6.07) is 7.21. The molecule has 186 valence electrons. The van der Waals surface area contributed by atoms with Gasteiger partial charge in [0.25, 0.3) is 0 Å². The van der Waals surface area contributed by atoms with E-state index in [9.17, 15) is 19.8 Å². The molecule has 8 nitrogen and oxygen atoms in total. The number of carbonyl (C=O) groups excluding carboxylic acids is 2. The number of piperazine rings is 1. The van der Waals surface area contributed by atoms with Crippen LogP contribution < -0.4 is 0 Å². The van der Waals surface area contributed by atoms with Gasteiger partial charge in [-0.3, -0.25) is 9.80 Å². The molecule has 3 aliphatic rings. The molecule has 2 aromatic rings. The maximum absolute atomic E-state index is 11.9. The molecule has 0 spiro atoms. The molecule has 8 heteroatoms. The molecular formula is C27H32N2O6. The lowest BCUT2D eigenvalue weighted by Crippen LogP contribution is -2.48. The van der Waals surface area contributed by atoms with Crippen LogP contribution in [0.4, 0.5) is 0 Å². The van der Waals surface area contributed by atoms with Crippen molar-refractivity contribution in [2.45, 2.75) is 45.7 Å². The third kappa shape index (κ3) is 4.47. The summed E-state index contributed by atoms with van der Waals surface area (Å²) in [7, 11) is 0. The highest BCUT2D eigenvalue weighted by molar-refractivity contribution is 5.94. The molecule has 0 radical (unpaired) electrons. The molecule has 0 aromatic heterocycles. The average Bonchev–Trinajstić information content (AvgIpc) is 3.43. The van der Waals surface area contributed by atoms with Crippen LogP contribution >= 0.6 is 0 Å². The highest BCUT2D eigenvalue weighted by Crippen LogP contribution is 2.32. The molecule has 1 saturated heterocycles. The molecule has 5 rings (SSSR count). The summed E-state index contributed by atoms with van der Waals surface area (Å²) < 4.78 is 10.3. The van der Waals surface area contributed by atoms with Gasteiger partial charge in [0, 0.05) is 50.4 Å². The Morgan fingerprint density at radius 2 is 1.29 bits per heavy atom. The Hall–Kier alpha value is -2.78. The van der Waals surface area contributed by atoms with Crippen LogP contribution in [0.3, 0.4) is 0 Å². The number of rotatable bonds is 7. The van der Waals surface area contributed by atoms with Gasteiger partial charge in [-0.1, -0.05) is 19.1 Å². The Bertz CT molecular complexity index is 1150. The van der Waals surface area contributed by atoms with E-state index in [-0.39, 0.29) is 25.2 Å². The van der Waals surface area contributed by atoms with Crippen molar-refractivity contribution in [3.8, 4) is 0 Å². The number of cyclic esters (lactones) is 2. The van der Waals surface area contributed by atoms with Gasteiger partial charge in [-0.25, -0.2) is 9.59 Å². The number of carbonyl (C=O) groups is 2. The molecule has 2 N–H and O–H groups in total. The number of ether oxygens (including phenoxy) is 2. The van der Waals surface area contributed by atoms with E-state index < -0.39 is 12.2 Å². The van der Waals surface area contributed by atoms with Gasteiger partial charge < -0.3 is 19.7 Å². The molecule has 2 aromatic carbocycles. The zero-order valence-corrected chi connectivity index (χ0v) is 20.2. The molecule has 0 bridgehead atoms. The van der Waals surface area contributed by atoms with Gasteiger partial charge in [-0.15, -0.1) is 0 Å². The standard InChI is InChI=1S/C27H32N2O6/c1-3-17-19(5-7-21-23(17)15-35-27(21)33)25(31)13-29-10-8-28(9-11-29)12-24(30)18-4-6-20-22(16(18)2)14-34-26(20)32/h4-7,24-25,30-31H,3,8-15H2,1-2H3/t24-,25?/m0/s1. The van der Waals surface area contributed by atoms with Crippen molar-refractivity contribution in [3.63, 3.8) is 0 Å². The lowest BCUT2D eigenvalue weighted by atomic mass is 9.92. The highest BCUT2D eigenvalue weighted by Gasteiger charge is 2.29. The van der Waals surface area contributed by atoms with Crippen molar-refractivity contribution in [2.75, 3.05) is 39.3 Å². The molecule has 3 aliphatic heterocycles. The van der Waals surface area contributed by atoms with Crippen LogP contribution in [-0.2, 0) is 29.1 Å². The second-order valence-electron chi connectivity index (χ2n) is 9.60. The van der Waals surface area contributed by atoms with Crippen LogP contribution in [0.2, 0.25) is 0 Å². The first kappa shape index (κ1) is 23.9. The lowest BCUT2D eigenvalue weighted by molar-refractivity contribution is 0.0478. The minimum absolute atomic E-state index is 0.273. The maximum Gasteiger partial charge on any atom is 0.338 e. The Balaban J connectivity index is 1.17. The van der Waals surface area contributed by atoms with Gasteiger partial charge in [0.1, 0.15) is 13.2 Å². The zero-order valence-electron chi connectivity index (χ0n) is 20.2. The fourth-order valence-electron chi connectivity index (χ4n) is 5.58. The van der Waals surface area contributed by atoms with Crippen molar-refractivity contribution in [1.82, 2.24) is 9.80 Å². The molecule has 0 aliphatic carbocycles. The predicted octanol–water partition coefficient (Wildman–Crippen LogP) is 2.28. The largest absolute Gasteiger partial charge is 0.457 e. The van der Waals surface area contributed by atoms with E-state index in [1.54, 1.807) is 12.1 Å². The second-order valence-corrected chi connectivity index (χ2v) is 9.60. The molecule has 0 amide bonds. The number of aliphatic hydroxyl groups is 2. The average molecular weight is 481 g/mol. The van der Waals surface area contributed by atoms with Crippen molar-refractivity contribution in [1.29, 1.82) is 0 Å². The highest BCUT2D eigenvalue weighted by atomic mass is 16.5. The number of hydrogen-bond donors (Lipinski definition) is 2. The number of benzene rings is 2. The summed E-state index contributed by atoms with van der Waals surface area (Å²) >= 11 is 0. The van der Waals surface area contributed by atoms with Crippen LogP contribution in [0.1, 0.15) is 73.2 Å². The van der Waals surface area contributed by atoms with Crippen molar-refractivity contribution >= 4 is 11.9 Å². The van der Waals surface area contributed by atoms with E-state index in [1.807, 2.05) is 26.0 Å². The number of hydrogen-bond acceptors (Lipinski definition) is 8. The summed E-state index contributed by atoms with van der Waals surface area (Å²) in [5, 5.41) is 21.9. The molecule has 3 heterocycles. The van der Waals surface area contributed by atoms with Gasteiger partial charge in [0.15, 0.2) is 0 Å². The Morgan fingerprint density at radius 3 is 1.86 bits per heavy atom. The van der Waals surface area contributed by atoms with Crippen LogP contribution in [0, 0.1) is 6.92 Å². The van der Waals surface area contributed by atoms with Crippen LogP contribution in [-0.4, -0.2) is 71.2 Å². The van der Waals surface area contributed by atoms with Crippen LogP contribution in [0.25, 0.3) is 0 Å². The van der Waals surface area contributed by atoms with Crippen molar-refractivity contribution in [3.05, 3.63) is 68.8 Å². The molecule has 1 fully saturated rings. The Kier molecular flexibility index (Phi) is 6.63. The summed E-state index contributed by atoms with van der Waals surface area (Å²) in [5.41, 5.74) is 6.64.